The topological polar surface area (TPSA) is 17.1 Å². The molecular formula is C12H22O. The number of carbonyl (C=O) groups excluding carboxylic acids is 1. The van der Waals surface area contributed by atoms with E-state index in [2.05, 4.69) is 6.92 Å². The highest BCUT2D eigenvalue weighted by Crippen LogP contribution is 2.21. The van der Waals surface area contributed by atoms with Crippen molar-refractivity contribution in [1.29, 1.82) is 0 Å². The molecule has 1 aliphatic rings. The van der Waals surface area contributed by atoms with Crippen LogP contribution in [0.15, 0.2) is 0 Å². The third-order valence-corrected chi connectivity index (χ3v) is 3.16. The Bertz CT molecular complexity index is 151. The molecule has 1 nitrogen and oxygen atoms in total. The molecule has 0 amide bonds. The summed E-state index contributed by atoms with van der Waals surface area (Å²) in [5, 5.41) is 0. The van der Waals surface area contributed by atoms with E-state index in [1.165, 1.54) is 38.5 Å². The van der Waals surface area contributed by atoms with Gasteiger partial charge in [-0.25, -0.2) is 0 Å². The Labute approximate surface area is 81.9 Å². The summed E-state index contributed by atoms with van der Waals surface area (Å²) in [6.07, 6.45) is 10.6. The summed E-state index contributed by atoms with van der Waals surface area (Å²) < 4.78 is 0. The fourth-order valence-corrected chi connectivity index (χ4v) is 2.16. The second-order valence-corrected chi connectivity index (χ2v) is 4.32. The summed E-state index contributed by atoms with van der Waals surface area (Å²) in [5.41, 5.74) is 0. The largest absolute Gasteiger partial charge is 0.300 e. The maximum absolute atomic E-state index is 11.5. The van der Waals surface area contributed by atoms with Gasteiger partial charge in [-0.3, -0.25) is 4.79 Å². The highest BCUT2D eigenvalue weighted by molar-refractivity contribution is 5.78. The molecule has 0 aromatic heterocycles. The normalized spacial score (nSPS) is 27.2. The molecule has 1 fully saturated rings. The highest BCUT2D eigenvalue weighted by Gasteiger charge is 2.12. The van der Waals surface area contributed by atoms with Gasteiger partial charge in [0, 0.05) is 12.8 Å². The SMILES string of the molecule is CCC1CCCCCCCC(=O)C1. The highest BCUT2D eigenvalue weighted by atomic mass is 16.1. The van der Waals surface area contributed by atoms with Crippen LogP contribution in [0, 0.1) is 5.92 Å². The fourth-order valence-electron chi connectivity index (χ4n) is 2.16. The molecule has 13 heavy (non-hydrogen) atoms. The van der Waals surface area contributed by atoms with Crippen molar-refractivity contribution in [2.45, 2.75) is 64.7 Å². The predicted molar refractivity (Wildman–Crippen MR) is 55.7 cm³/mol. The first kappa shape index (κ1) is 10.7. The van der Waals surface area contributed by atoms with Crippen LogP contribution in [0.1, 0.15) is 64.7 Å². The molecule has 0 aromatic rings. The Balaban J connectivity index is 2.34. The summed E-state index contributed by atoms with van der Waals surface area (Å²) >= 11 is 0. The van der Waals surface area contributed by atoms with Gasteiger partial charge >= 0.3 is 0 Å². The molecule has 1 heteroatoms. The van der Waals surface area contributed by atoms with Gasteiger partial charge in [0.05, 0.1) is 0 Å². The molecule has 0 spiro atoms. The maximum Gasteiger partial charge on any atom is 0.133 e. The van der Waals surface area contributed by atoms with Crippen molar-refractivity contribution in [3.63, 3.8) is 0 Å². The average molecular weight is 182 g/mol. The summed E-state index contributed by atoms with van der Waals surface area (Å²) in [6.45, 7) is 2.21. The van der Waals surface area contributed by atoms with E-state index in [0.29, 0.717) is 11.7 Å². The summed E-state index contributed by atoms with van der Waals surface area (Å²) in [6, 6.07) is 0. The minimum absolute atomic E-state index is 0.508. The van der Waals surface area contributed by atoms with Crippen LogP contribution in [0.25, 0.3) is 0 Å². The van der Waals surface area contributed by atoms with Crippen LogP contribution in [0.2, 0.25) is 0 Å². The minimum Gasteiger partial charge on any atom is -0.300 e. The van der Waals surface area contributed by atoms with E-state index in [1.807, 2.05) is 0 Å². The monoisotopic (exact) mass is 182 g/mol. The first-order valence-corrected chi connectivity index (χ1v) is 5.84. The third-order valence-electron chi connectivity index (χ3n) is 3.16. The third kappa shape index (κ3) is 4.44. The van der Waals surface area contributed by atoms with Crippen molar-refractivity contribution >= 4 is 5.78 Å². The molecule has 1 atom stereocenters. The van der Waals surface area contributed by atoms with Crippen LogP contribution in [0.5, 0.6) is 0 Å². The average Bonchev–Trinajstić information content (AvgIpc) is 2.15. The van der Waals surface area contributed by atoms with Gasteiger partial charge in [-0.05, 0) is 12.3 Å². The van der Waals surface area contributed by atoms with Crippen molar-refractivity contribution in [1.82, 2.24) is 0 Å². The number of hydrogen-bond acceptors (Lipinski definition) is 1. The van der Waals surface area contributed by atoms with Crippen molar-refractivity contribution in [3.05, 3.63) is 0 Å². The van der Waals surface area contributed by atoms with Gasteiger partial charge in [0.1, 0.15) is 5.78 Å². The lowest BCUT2D eigenvalue weighted by Gasteiger charge is -2.15. The molecule has 0 N–H and O–H groups in total. The Morgan fingerprint density at radius 2 is 1.85 bits per heavy atom. The van der Waals surface area contributed by atoms with E-state index in [0.717, 1.165) is 19.3 Å². The van der Waals surface area contributed by atoms with Gasteiger partial charge < -0.3 is 0 Å². The van der Waals surface area contributed by atoms with Crippen molar-refractivity contribution in [2.75, 3.05) is 0 Å². The van der Waals surface area contributed by atoms with Gasteiger partial charge in [-0.15, -0.1) is 0 Å². The van der Waals surface area contributed by atoms with Crippen LogP contribution in [-0.4, -0.2) is 5.78 Å². The predicted octanol–water partition coefficient (Wildman–Crippen LogP) is 3.72. The Morgan fingerprint density at radius 3 is 2.62 bits per heavy atom. The zero-order valence-electron chi connectivity index (χ0n) is 8.85. The number of hydrogen-bond donors (Lipinski definition) is 0. The zero-order chi connectivity index (χ0) is 9.52. The second-order valence-electron chi connectivity index (χ2n) is 4.32. The Hall–Kier alpha value is -0.330. The maximum atomic E-state index is 11.5. The quantitative estimate of drug-likeness (QED) is 0.604. The lowest BCUT2D eigenvalue weighted by Crippen LogP contribution is -2.09. The summed E-state index contributed by atoms with van der Waals surface area (Å²) in [5.74, 6) is 1.19. The Kier molecular flexibility index (Phi) is 5.10. The van der Waals surface area contributed by atoms with E-state index in [4.69, 9.17) is 0 Å². The fraction of sp³-hybridized carbons (Fsp3) is 0.917. The van der Waals surface area contributed by atoms with E-state index >= 15 is 0 Å². The molecule has 76 valence electrons. The number of ketones is 1. The van der Waals surface area contributed by atoms with Gasteiger partial charge in [-0.1, -0.05) is 45.4 Å². The van der Waals surface area contributed by atoms with Gasteiger partial charge in [0.25, 0.3) is 0 Å². The van der Waals surface area contributed by atoms with E-state index in [9.17, 15) is 4.79 Å². The molecule has 0 aliphatic heterocycles. The molecule has 1 unspecified atom stereocenters. The minimum atomic E-state index is 0.508. The van der Waals surface area contributed by atoms with E-state index in [-0.39, 0.29) is 0 Å². The smallest absolute Gasteiger partial charge is 0.133 e. The van der Waals surface area contributed by atoms with Crippen LogP contribution in [0.3, 0.4) is 0 Å². The molecule has 0 aromatic carbocycles. The Morgan fingerprint density at radius 1 is 1.15 bits per heavy atom. The lowest BCUT2D eigenvalue weighted by molar-refractivity contribution is -0.120. The molecular weight excluding hydrogens is 160 g/mol. The van der Waals surface area contributed by atoms with Crippen LogP contribution in [-0.2, 0) is 4.79 Å². The first-order valence-electron chi connectivity index (χ1n) is 5.84. The molecule has 0 saturated heterocycles. The van der Waals surface area contributed by atoms with Crippen LogP contribution < -0.4 is 0 Å². The second kappa shape index (κ2) is 6.17. The van der Waals surface area contributed by atoms with Crippen molar-refractivity contribution in [3.8, 4) is 0 Å². The lowest BCUT2D eigenvalue weighted by atomic mass is 9.90. The van der Waals surface area contributed by atoms with Gasteiger partial charge in [0.2, 0.25) is 0 Å². The first-order chi connectivity index (χ1) is 6.33. The molecule has 0 bridgehead atoms. The molecule has 1 aliphatic carbocycles. The van der Waals surface area contributed by atoms with Crippen molar-refractivity contribution in [2.24, 2.45) is 5.92 Å². The number of rotatable bonds is 1. The standard InChI is InChI=1S/C12H22O/c1-2-11-8-6-4-3-5-7-9-12(13)10-11/h11H,2-10H2,1H3. The van der Waals surface area contributed by atoms with E-state index in [1.54, 1.807) is 0 Å². The van der Waals surface area contributed by atoms with Crippen molar-refractivity contribution < 1.29 is 4.79 Å². The van der Waals surface area contributed by atoms with Gasteiger partial charge in [0.15, 0.2) is 0 Å². The zero-order valence-corrected chi connectivity index (χ0v) is 8.85. The van der Waals surface area contributed by atoms with E-state index < -0.39 is 0 Å². The molecule has 1 rings (SSSR count). The number of Topliss-reactive ketones (excluding diaryl/α,β-unsaturated/α-hetero) is 1. The van der Waals surface area contributed by atoms with Crippen LogP contribution >= 0.6 is 0 Å². The van der Waals surface area contributed by atoms with Crippen LogP contribution in [0.4, 0.5) is 0 Å². The van der Waals surface area contributed by atoms with Gasteiger partial charge in [-0.2, -0.15) is 0 Å². The summed E-state index contributed by atoms with van der Waals surface area (Å²) in [7, 11) is 0. The molecule has 0 heterocycles. The molecule has 1 saturated carbocycles. The molecule has 0 radical (unpaired) electrons. The number of carbonyl (C=O) groups is 1. The summed E-state index contributed by atoms with van der Waals surface area (Å²) in [4.78, 5) is 11.5.